The van der Waals surface area contributed by atoms with Crippen molar-refractivity contribution in [2.75, 3.05) is 0 Å². The maximum Gasteiger partial charge on any atom is 0.256 e. The lowest BCUT2D eigenvalue weighted by Crippen LogP contribution is -2.37. The van der Waals surface area contributed by atoms with Gasteiger partial charge in [0.05, 0.1) is 13.1 Å². The van der Waals surface area contributed by atoms with Crippen LogP contribution in [0.3, 0.4) is 0 Å². The molecule has 0 spiro atoms. The third-order valence-electron chi connectivity index (χ3n) is 4.10. The summed E-state index contributed by atoms with van der Waals surface area (Å²) in [7, 11) is 0. The molecule has 1 aromatic rings. The van der Waals surface area contributed by atoms with Gasteiger partial charge in [-0.15, -0.1) is 0 Å². The van der Waals surface area contributed by atoms with Crippen LogP contribution in [-0.2, 0) is 19.5 Å². The molecule has 1 rings (SSSR count). The fourth-order valence-electron chi connectivity index (χ4n) is 2.77. The van der Waals surface area contributed by atoms with Gasteiger partial charge in [-0.3, -0.25) is 0 Å². The van der Waals surface area contributed by atoms with Gasteiger partial charge in [0.1, 0.15) is 12.4 Å². The van der Waals surface area contributed by atoms with E-state index in [0.717, 1.165) is 0 Å². The van der Waals surface area contributed by atoms with Gasteiger partial charge in [-0.25, -0.2) is 9.13 Å². The molecular weight excluding hydrogens is 244 g/mol. The molecule has 1 aromatic heterocycles. The van der Waals surface area contributed by atoms with E-state index in [1.165, 1.54) is 77.3 Å². The fraction of sp³-hybridized carbons (Fsp3) is 0.833. The van der Waals surface area contributed by atoms with Gasteiger partial charge in [-0.1, -0.05) is 46.5 Å². The number of imidazole rings is 1. The minimum Gasteiger partial charge on any atom is -0.234 e. The molecule has 116 valence electrons. The first-order valence-corrected chi connectivity index (χ1v) is 8.90. The van der Waals surface area contributed by atoms with Gasteiger partial charge < -0.3 is 0 Å². The number of hydrogen-bond donors (Lipinski definition) is 0. The van der Waals surface area contributed by atoms with Crippen molar-refractivity contribution < 1.29 is 4.57 Å². The van der Waals surface area contributed by atoms with Crippen molar-refractivity contribution in [3.05, 3.63) is 18.2 Å². The van der Waals surface area contributed by atoms with E-state index >= 15 is 0 Å². The monoisotopic (exact) mass is 279 g/mol. The molecule has 0 unspecified atom stereocenters. The molecule has 0 amide bonds. The van der Waals surface area contributed by atoms with E-state index < -0.39 is 0 Å². The summed E-state index contributed by atoms with van der Waals surface area (Å²) in [6, 6.07) is 0. The molecule has 0 saturated carbocycles. The molecule has 20 heavy (non-hydrogen) atoms. The maximum absolute atomic E-state index is 2.51. The molecular formula is C18H35N2+. The number of nitrogens with zero attached hydrogens (tertiary/aromatic N) is 2. The Balaban J connectivity index is 2.56. The Morgan fingerprint density at radius 3 is 2.25 bits per heavy atom. The Bertz CT molecular complexity index is 341. The van der Waals surface area contributed by atoms with Gasteiger partial charge >= 0.3 is 0 Å². The van der Waals surface area contributed by atoms with E-state index in [0.29, 0.717) is 0 Å². The lowest BCUT2D eigenvalue weighted by Gasteiger charge is -2.05. The second kappa shape index (κ2) is 10.9. The Hall–Kier alpha value is -0.790. The van der Waals surface area contributed by atoms with Gasteiger partial charge in [0, 0.05) is 6.42 Å². The second-order valence-electron chi connectivity index (χ2n) is 5.97. The Morgan fingerprint density at radius 2 is 1.55 bits per heavy atom. The van der Waals surface area contributed by atoms with Crippen molar-refractivity contribution in [2.24, 2.45) is 0 Å². The molecule has 0 atom stereocenters. The van der Waals surface area contributed by atoms with Crippen LogP contribution in [0.5, 0.6) is 0 Å². The highest BCUT2D eigenvalue weighted by molar-refractivity contribution is 4.84. The quantitative estimate of drug-likeness (QED) is 0.380. The summed E-state index contributed by atoms with van der Waals surface area (Å²) in [5.41, 5.74) is 0. The van der Waals surface area contributed by atoms with Crippen molar-refractivity contribution >= 4 is 0 Å². The van der Waals surface area contributed by atoms with E-state index in [1.54, 1.807) is 5.82 Å². The summed E-state index contributed by atoms with van der Waals surface area (Å²) in [5, 5.41) is 0. The van der Waals surface area contributed by atoms with Gasteiger partial charge in [0.25, 0.3) is 5.82 Å². The lowest BCUT2D eigenvalue weighted by atomic mass is 10.2. The predicted molar refractivity (Wildman–Crippen MR) is 86.9 cm³/mol. The van der Waals surface area contributed by atoms with E-state index in [-0.39, 0.29) is 0 Å². The van der Waals surface area contributed by atoms with Crippen LogP contribution in [-0.4, -0.2) is 4.57 Å². The molecule has 0 bridgehead atoms. The fourth-order valence-corrected chi connectivity index (χ4v) is 2.77. The zero-order chi connectivity index (χ0) is 14.6. The largest absolute Gasteiger partial charge is 0.256 e. The standard InChI is InChI=1S/C18H35N2/c1-4-7-10-12-15-20-17-16-19(14-11-8-5-2)18(20)13-9-6-3/h16-17H,4-15H2,1-3H3/q+1. The minimum absolute atomic E-state index is 1.20. The maximum atomic E-state index is 2.51. The molecule has 1 heterocycles. The molecule has 0 radical (unpaired) electrons. The first-order valence-electron chi connectivity index (χ1n) is 8.90. The van der Waals surface area contributed by atoms with Crippen molar-refractivity contribution in [3.63, 3.8) is 0 Å². The Morgan fingerprint density at radius 1 is 0.850 bits per heavy atom. The summed E-state index contributed by atoms with van der Waals surface area (Å²) in [4.78, 5) is 0. The normalized spacial score (nSPS) is 11.2. The lowest BCUT2D eigenvalue weighted by molar-refractivity contribution is -0.704. The average Bonchev–Trinajstić information content (AvgIpc) is 2.84. The first-order chi connectivity index (χ1) is 9.83. The van der Waals surface area contributed by atoms with Crippen LogP contribution in [0.4, 0.5) is 0 Å². The summed E-state index contributed by atoms with van der Waals surface area (Å²) < 4.78 is 5.02. The summed E-state index contributed by atoms with van der Waals surface area (Å²) in [5.74, 6) is 1.56. The molecule has 0 aliphatic carbocycles. The second-order valence-corrected chi connectivity index (χ2v) is 5.97. The number of unbranched alkanes of at least 4 members (excludes halogenated alkanes) is 6. The minimum atomic E-state index is 1.20. The zero-order valence-electron chi connectivity index (χ0n) is 14.0. The topological polar surface area (TPSA) is 8.81 Å². The number of aryl methyl sites for hydroxylation is 2. The first kappa shape index (κ1) is 17.3. The Kier molecular flexibility index (Phi) is 9.44. The van der Waals surface area contributed by atoms with Gasteiger partial charge in [-0.05, 0) is 32.1 Å². The van der Waals surface area contributed by atoms with Crippen molar-refractivity contribution in [3.8, 4) is 0 Å². The zero-order valence-corrected chi connectivity index (χ0v) is 14.0. The number of hydrogen-bond acceptors (Lipinski definition) is 0. The van der Waals surface area contributed by atoms with Crippen LogP contribution in [0.25, 0.3) is 0 Å². The van der Waals surface area contributed by atoms with Crippen LogP contribution < -0.4 is 4.57 Å². The van der Waals surface area contributed by atoms with Crippen molar-refractivity contribution in [1.82, 2.24) is 4.57 Å². The summed E-state index contributed by atoms with van der Waals surface area (Å²) >= 11 is 0. The predicted octanol–water partition coefficient (Wildman–Crippen LogP) is 4.89. The molecule has 0 aromatic carbocycles. The highest BCUT2D eigenvalue weighted by atomic mass is 15.1. The molecule has 2 nitrogen and oxygen atoms in total. The van der Waals surface area contributed by atoms with Gasteiger partial charge in [0.2, 0.25) is 0 Å². The highest BCUT2D eigenvalue weighted by Gasteiger charge is 2.15. The van der Waals surface area contributed by atoms with Crippen LogP contribution >= 0.6 is 0 Å². The highest BCUT2D eigenvalue weighted by Crippen LogP contribution is 2.07. The molecule has 0 aliphatic heterocycles. The van der Waals surface area contributed by atoms with Gasteiger partial charge in [0.15, 0.2) is 0 Å². The van der Waals surface area contributed by atoms with Crippen molar-refractivity contribution in [2.45, 2.75) is 98.1 Å². The van der Waals surface area contributed by atoms with Crippen LogP contribution in [0.2, 0.25) is 0 Å². The van der Waals surface area contributed by atoms with E-state index in [9.17, 15) is 0 Å². The summed E-state index contributed by atoms with van der Waals surface area (Å²) in [6.45, 7) is 9.26. The average molecular weight is 279 g/mol. The third kappa shape index (κ3) is 6.11. The third-order valence-corrected chi connectivity index (χ3v) is 4.10. The van der Waals surface area contributed by atoms with Crippen molar-refractivity contribution in [1.29, 1.82) is 0 Å². The molecule has 0 fully saturated rings. The van der Waals surface area contributed by atoms with Gasteiger partial charge in [-0.2, -0.15) is 0 Å². The summed E-state index contributed by atoms with van der Waals surface area (Å²) in [6.07, 6.45) is 17.8. The number of aromatic nitrogens is 2. The van der Waals surface area contributed by atoms with Crippen LogP contribution in [0.15, 0.2) is 12.4 Å². The molecule has 0 aliphatic rings. The smallest absolute Gasteiger partial charge is 0.234 e. The van der Waals surface area contributed by atoms with E-state index in [2.05, 4.69) is 42.3 Å². The molecule has 0 saturated heterocycles. The molecule has 0 N–H and O–H groups in total. The molecule has 2 heteroatoms. The van der Waals surface area contributed by atoms with Crippen LogP contribution in [0, 0.1) is 0 Å². The van der Waals surface area contributed by atoms with E-state index in [1.807, 2.05) is 0 Å². The van der Waals surface area contributed by atoms with E-state index in [4.69, 9.17) is 0 Å². The number of rotatable bonds is 12. The SMILES string of the molecule is CCCCCCn1cc[n+](CCCCC)c1CCCC. The Labute approximate surface area is 126 Å². The van der Waals surface area contributed by atoms with Crippen LogP contribution in [0.1, 0.15) is 84.4 Å².